The van der Waals surface area contributed by atoms with E-state index in [-0.39, 0.29) is 12.5 Å². The van der Waals surface area contributed by atoms with Gasteiger partial charge in [-0.1, -0.05) is 0 Å². The van der Waals surface area contributed by atoms with Crippen molar-refractivity contribution in [3.8, 4) is 0 Å². The number of benzene rings is 2. The largest absolute Gasteiger partial charge is 0.376 e. The summed E-state index contributed by atoms with van der Waals surface area (Å²) in [4.78, 5) is 14.4. The SMILES string of the molecule is Cc1cc(N2CCNCC2)ccc1NC(=O)CNc1ccc(F)c(F)c1. The van der Waals surface area contributed by atoms with Gasteiger partial charge in [-0.25, -0.2) is 8.78 Å². The summed E-state index contributed by atoms with van der Waals surface area (Å²) in [6, 6.07) is 9.38. The molecule has 1 fully saturated rings. The Morgan fingerprint density at radius 1 is 1.12 bits per heavy atom. The van der Waals surface area contributed by atoms with Gasteiger partial charge in [-0.2, -0.15) is 0 Å². The Balaban J connectivity index is 1.57. The Kier molecular flexibility index (Phi) is 5.68. The van der Waals surface area contributed by atoms with Crippen LogP contribution in [0, 0.1) is 18.6 Å². The number of piperazine rings is 1. The van der Waals surface area contributed by atoms with Gasteiger partial charge in [-0.05, 0) is 42.8 Å². The highest BCUT2D eigenvalue weighted by molar-refractivity contribution is 5.94. The number of nitrogens with one attached hydrogen (secondary N) is 3. The van der Waals surface area contributed by atoms with E-state index >= 15 is 0 Å². The van der Waals surface area contributed by atoms with Crippen LogP contribution >= 0.6 is 0 Å². The third-order valence-corrected chi connectivity index (χ3v) is 4.34. The quantitative estimate of drug-likeness (QED) is 0.768. The molecule has 3 rings (SSSR count). The standard InChI is InChI=1S/C19H22F2N4O/c1-13-10-15(25-8-6-22-7-9-25)3-5-18(13)24-19(26)12-23-14-2-4-16(20)17(21)11-14/h2-5,10-11,22-23H,6-9,12H2,1H3,(H,24,26). The molecule has 0 spiro atoms. The van der Waals surface area contributed by atoms with Crippen molar-refractivity contribution in [2.45, 2.75) is 6.92 Å². The van der Waals surface area contributed by atoms with Gasteiger partial charge in [0.1, 0.15) is 0 Å². The molecule has 1 amide bonds. The second-order valence-corrected chi connectivity index (χ2v) is 6.27. The van der Waals surface area contributed by atoms with Crippen LogP contribution in [0.5, 0.6) is 0 Å². The molecule has 26 heavy (non-hydrogen) atoms. The summed E-state index contributed by atoms with van der Waals surface area (Å²) in [6.45, 7) is 5.76. The molecule has 1 saturated heterocycles. The van der Waals surface area contributed by atoms with Crippen LogP contribution in [0.15, 0.2) is 36.4 Å². The third-order valence-electron chi connectivity index (χ3n) is 4.34. The molecule has 138 valence electrons. The minimum atomic E-state index is -0.949. The summed E-state index contributed by atoms with van der Waals surface area (Å²) in [5.74, 6) is -2.12. The number of hydrogen-bond acceptors (Lipinski definition) is 4. The summed E-state index contributed by atoms with van der Waals surface area (Å²) < 4.78 is 26.1. The summed E-state index contributed by atoms with van der Waals surface area (Å²) in [7, 11) is 0. The van der Waals surface area contributed by atoms with E-state index in [1.807, 2.05) is 19.1 Å². The first-order chi connectivity index (χ1) is 12.5. The van der Waals surface area contributed by atoms with Crippen LogP contribution in [-0.4, -0.2) is 38.6 Å². The molecule has 3 N–H and O–H groups in total. The van der Waals surface area contributed by atoms with Crippen molar-refractivity contribution in [3.05, 3.63) is 53.6 Å². The molecule has 1 aliphatic heterocycles. The van der Waals surface area contributed by atoms with E-state index in [1.165, 1.54) is 6.07 Å². The fourth-order valence-electron chi connectivity index (χ4n) is 2.89. The van der Waals surface area contributed by atoms with Gasteiger partial charge in [0.2, 0.25) is 5.91 Å². The van der Waals surface area contributed by atoms with Crippen molar-refractivity contribution in [3.63, 3.8) is 0 Å². The van der Waals surface area contributed by atoms with Crippen molar-refractivity contribution < 1.29 is 13.6 Å². The van der Waals surface area contributed by atoms with Crippen molar-refractivity contribution in [2.75, 3.05) is 48.3 Å². The molecule has 0 atom stereocenters. The van der Waals surface area contributed by atoms with Gasteiger partial charge in [-0.3, -0.25) is 4.79 Å². The second kappa shape index (κ2) is 8.14. The maximum atomic E-state index is 13.2. The van der Waals surface area contributed by atoms with E-state index in [4.69, 9.17) is 0 Å². The van der Waals surface area contributed by atoms with Crippen LogP contribution in [0.4, 0.5) is 25.8 Å². The second-order valence-electron chi connectivity index (χ2n) is 6.27. The highest BCUT2D eigenvalue weighted by Crippen LogP contribution is 2.23. The van der Waals surface area contributed by atoms with Crippen molar-refractivity contribution >= 4 is 23.0 Å². The Morgan fingerprint density at radius 2 is 1.88 bits per heavy atom. The molecular weight excluding hydrogens is 338 g/mol. The highest BCUT2D eigenvalue weighted by atomic mass is 19.2. The summed E-state index contributed by atoms with van der Waals surface area (Å²) in [5.41, 5.74) is 3.20. The Bertz CT molecular complexity index is 791. The van der Waals surface area contributed by atoms with Crippen molar-refractivity contribution in [1.82, 2.24) is 5.32 Å². The van der Waals surface area contributed by atoms with Crippen LogP contribution in [0.2, 0.25) is 0 Å². The Morgan fingerprint density at radius 3 is 2.58 bits per heavy atom. The molecule has 0 aliphatic carbocycles. The lowest BCUT2D eigenvalue weighted by Gasteiger charge is -2.30. The van der Waals surface area contributed by atoms with Crippen molar-refractivity contribution in [2.24, 2.45) is 0 Å². The van der Waals surface area contributed by atoms with Gasteiger partial charge in [0.05, 0.1) is 6.54 Å². The van der Waals surface area contributed by atoms with E-state index in [9.17, 15) is 13.6 Å². The lowest BCUT2D eigenvalue weighted by Crippen LogP contribution is -2.43. The summed E-state index contributed by atoms with van der Waals surface area (Å²) in [5, 5.41) is 8.94. The first-order valence-corrected chi connectivity index (χ1v) is 8.58. The first kappa shape index (κ1) is 18.1. The number of amides is 1. The van der Waals surface area contributed by atoms with E-state index in [0.717, 1.165) is 55.2 Å². The maximum Gasteiger partial charge on any atom is 0.243 e. The Labute approximate surface area is 151 Å². The molecule has 0 unspecified atom stereocenters. The average Bonchev–Trinajstić information content (AvgIpc) is 2.65. The molecule has 5 nitrogen and oxygen atoms in total. The molecule has 1 aliphatic rings. The number of halogens is 2. The molecule has 0 aromatic heterocycles. The number of aryl methyl sites for hydroxylation is 1. The Hall–Kier alpha value is -2.67. The van der Waals surface area contributed by atoms with E-state index in [1.54, 1.807) is 0 Å². The number of rotatable bonds is 5. The predicted molar refractivity (Wildman–Crippen MR) is 99.7 cm³/mol. The zero-order valence-corrected chi connectivity index (χ0v) is 14.6. The minimum absolute atomic E-state index is 0.0376. The normalized spacial score (nSPS) is 14.2. The average molecular weight is 360 g/mol. The molecule has 1 heterocycles. The van der Waals surface area contributed by atoms with Gasteiger partial charge in [-0.15, -0.1) is 0 Å². The number of carbonyl (C=O) groups is 1. The lowest BCUT2D eigenvalue weighted by atomic mass is 10.1. The topological polar surface area (TPSA) is 56.4 Å². The monoisotopic (exact) mass is 360 g/mol. The van der Waals surface area contributed by atoms with Crippen LogP contribution in [0.25, 0.3) is 0 Å². The summed E-state index contributed by atoms with van der Waals surface area (Å²) >= 11 is 0. The molecule has 0 radical (unpaired) electrons. The first-order valence-electron chi connectivity index (χ1n) is 8.58. The van der Waals surface area contributed by atoms with Crippen LogP contribution in [-0.2, 0) is 4.79 Å². The number of hydrogen-bond donors (Lipinski definition) is 3. The van der Waals surface area contributed by atoms with Crippen LogP contribution in [0.1, 0.15) is 5.56 Å². The van der Waals surface area contributed by atoms with E-state index in [2.05, 4.69) is 26.9 Å². The van der Waals surface area contributed by atoms with Gasteiger partial charge < -0.3 is 20.9 Å². The number of nitrogens with zero attached hydrogens (tertiary/aromatic N) is 1. The smallest absolute Gasteiger partial charge is 0.243 e. The molecule has 0 saturated carbocycles. The number of anilines is 3. The highest BCUT2D eigenvalue weighted by Gasteiger charge is 2.12. The molecular formula is C19H22F2N4O. The number of carbonyl (C=O) groups excluding carboxylic acids is 1. The van der Waals surface area contributed by atoms with Gasteiger partial charge in [0.25, 0.3) is 0 Å². The van der Waals surface area contributed by atoms with Gasteiger partial charge in [0, 0.05) is 49.3 Å². The molecule has 2 aromatic rings. The maximum absolute atomic E-state index is 13.2. The molecule has 0 bridgehead atoms. The van der Waals surface area contributed by atoms with Crippen molar-refractivity contribution in [1.29, 1.82) is 0 Å². The third kappa shape index (κ3) is 4.49. The summed E-state index contributed by atoms with van der Waals surface area (Å²) in [6.07, 6.45) is 0. The molecule has 7 heteroatoms. The zero-order chi connectivity index (χ0) is 18.5. The lowest BCUT2D eigenvalue weighted by molar-refractivity contribution is -0.114. The predicted octanol–water partition coefficient (Wildman–Crippen LogP) is 2.73. The van der Waals surface area contributed by atoms with Crippen LogP contribution in [0.3, 0.4) is 0 Å². The van der Waals surface area contributed by atoms with E-state index in [0.29, 0.717) is 5.69 Å². The fourth-order valence-corrected chi connectivity index (χ4v) is 2.89. The van der Waals surface area contributed by atoms with E-state index < -0.39 is 11.6 Å². The minimum Gasteiger partial charge on any atom is -0.376 e. The molecule has 2 aromatic carbocycles. The van der Waals surface area contributed by atoms with Crippen LogP contribution < -0.4 is 20.9 Å². The van der Waals surface area contributed by atoms with Gasteiger partial charge >= 0.3 is 0 Å². The fraction of sp³-hybridized carbons (Fsp3) is 0.316. The van der Waals surface area contributed by atoms with Gasteiger partial charge in [0.15, 0.2) is 11.6 Å². The zero-order valence-electron chi connectivity index (χ0n) is 14.6.